The van der Waals surface area contributed by atoms with Crippen molar-refractivity contribution < 1.29 is 19.1 Å². The lowest BCUT2D eigenvalue weighted by Crippen LogP contribution is -2.42. The molecule has 2 aliphatic rings. The molecule has 0 spiro atoms. The van der Waals surface area contributed by atoms with E-state index in [1.54, 1.807) is 11.0 Å². The molecule has 8 heteroatoms. The van der Waals surface area contributed by atoms with E-state index in [-0.39, 0.29) is 23.6 Å². The Labute approximate surface area is 145 Å². The molecule has 3 amide bonds. The van der Waals surface area contributed by atoms with Crippen molar-refractivity contribution in [3.63, 3.8) is 0 Å². The topological polar surface area (TPSA) is 115 Å². The quantitative estimate of drug-likeness (QED) is 0.802. The minimum Gasteiger partial charge on any atom is -0.469 e. The van der Waals surface area contributed by atoms with Crippen LogP contribution < -0.4 is 11.1 Å². The molecule has 3 rings (SSSR count). The van der Waals surface area contributed by atoms with E-state index in [1.807, 2.05) is 0 Å². The van der Waals surface area contributed by atoms with E-state index in [2.05, 4.69) is 10.3 Å². The molecule has 1 saturated carbocycles. The van der Waals surface area contributed by atoms with Crippen LogP contribution >= 0.6 is 0 Å². The zero-order valence-electron chi connectivity index (χ0n) is 14.2. The monoisotopic (exact) mass is 346 g/mol. The van der Waals surface area contributed by atoms with Crippen LogP contribution in [-0.2, 0) is 9.53 Å². The standard InChI is InChI=1S/C17H22N4O4/c1-25-15(23)17-7-3-2-4-11(17)9-21(10-17)16(24)20-12-5-6-13(14(18)22)19-8-12/h5-6,8,11H,2-4,7,9-10H2,1H3,(H2,18,22)(H,20,24)/t11-,17-/m1/s1. The van der Waals surface area contributed by atoms with Gasteiger partial charge in [0.15, 0.2) is 0 Å². The summed E-state index contributed by atoms with van der Waals surface area (Å²) >= 11 is 0. The molecule has 0 unspecified atom stereocenters. The maximum atomic E-state index is 12.6. The summed E-state index contributed by atoms with van der Waals surface area (Å²) < 4.78 is 5.03. The van der Waals surface area contributed by atoms with Gasteiger partial charge in [0.05, 0.1) is 24.4 Å². The van der Waals surface area contributed by atoms with Crippen molar-refractivity contribution >= 4 is 23.6 Å². The Bertz CT molecular complexity index is 690. The van der Waals surface area contributed by atoms with Gasteiger partial charge in [-0.05, 0) is 30.9 Å². The van der Waals surface area contributed by atoms with Crippen LogP contribution in [0.4, 0.5) is 10.5 Å². The number of primary amides is 1. The Morgan fingerprint density at radius 1 is 1.36 bits per heavy atom. The van der Waals surface area contributed by atoms with E-state index in [1.165, 1.54) is 19.4 Å². The molecular formula is C17H22N4O4. The normalized spacial score (nSPS) is 25.2. The van der Waals surface area contributed by atoms with Crippen molar-refractivity contribution in [3.8, 4) is 0 Å². The number of hydrogen-bond acceptors (Lipinski definition) is 5. The highest BCUT2D eigenvalue weighted by Gasteiger charge is 2.54. The Morgan fingerprint density at radius 3 is 2.80 bits per heavy atom. The van der Waals surface area contributed by atoms with Crippen LogP contribution in [-0.4, -0.2) is 48.0 Å². The Kier molecular flexibility index (Phi) is 4.61. The first kappa shape index (κ1) is 17.2. The number of urea groups is 1. The van der Waals surface area contributed by atoms with Gasteiger partial charge in [0, 0.05) is 13.1 Å². The molecule has 1 aliphatic heterocycles. The molecule has 3 N–H and O–H groups in total. The van der Waals surface area contributed by atoms with Gasteiger partial charge in [-0.1, -0.05) is 12.8 Å². The van der Waals surface area contributed by atoms with Crippen LogP contribution in [0.15, 0.2) is 18.3 Å². The van der Waals surface area contributed by atoms with Crippen LogP contribution in [0.3, 0.4) is 0 Å². The van der Waals surface area contributed by atoms with Crippen molar-refractivity contribution in [1.29, 1.82) is 0 Å². The van der Waals surface area contributed by atoms with Crippen molar-refractivity contribution in [2.75, 3.05) is 25.5 Å². The first-order valence-corrected chi connectivity index (χ1v) is 8.36. The summed E-state index contributed by atoms with van der Waals surface area (Å²) in [6.07, 6.45) is 5.10. The number of nitrogens with two attached hydrogens (primary N) is 1. The van der Waals surface area contributed by atoms with Crippen molar-refractivity contribution in [2.45, 2.75) is 25.7 Å². The van der Waals surface area contributed by atoms with E-state index in [0.29, 0.717) is 18.8 Å². The fraction of sp³-hybridized carbons (Fsp3) is 0.529. The minimum absolute atomic E-state index is 0.134. The zero-order valence-corrected chi connectivity index (χ0v) is 14.2. The van der Waals surface area contributed by atoms with Crippen LogP contribution in [0.2, 0.25) is 0 Å². The first-order chi connectivity index (χ1) is 12.0. The molecule has 1 aromatic rings. The number of carbonyl (C=O) groups is 3. The Morgan fingerprint density at radius 2 is 2.16 bits per heavy atom. The largest absolute Gasteiger partial charge is 0.469 e. The third kappa shape index (κ3) is 3.16. The number of anilines is 1. The van der Waals surface area contributed by atoms with Crippen LogP contribution in [0.1, 0.15) is 36.2 Å². The van der Waals surface area contributed by atoms with Gasteiger partial charge in [0.25, 0.3) is 5.91 Å². The van der Waals surface area contributed by atoms with Gasteiger partial charge >= 0.3 is 12.0 Å². The second kappa shape index (κ2) is 6.70. The first-order valence-electron chi connectivity index (χ1n) is 8.36. The molecule has 2 fully saturated rings. The number of ether oxygens (including phenoxy) is 1. The predicted octanol–water partition coefficient (Wildman–Crippen LogP) is 1.38. The summed E-state index contributed by atoms with van der Waals surface area (Å²) in [7, 11) is 1.40. The lowest BCUT2D eigenvalue weighted by molar-refractivity contribution is -0.156. The van der Waals surface area contributed by atoms with Gasteiger partial charge in [-0.3, -0.25) is 9.59 Å². The maximum absolute atomic E-state index is 12.6. The number of fused-ring (bicyclic) bond motifs is 1. The molecule has 1 aliphatic carbocycles. The number of nitrogens with zero attached hydrogens (tertiary/aromatic N) is 2. The van der Waals surface area contributed by atoms with Crippen LogP contribution in [0.25, 0.3) is 0 Å². The van der Waals surface area contributed by atoms with E-state index < -0.39 is 11.3 Å². The maximum Gasteiger partial charge on any atom is 0.321 e. The van der Waals surface area contributed by atoms with Crippen LogP contribution in [0, 0.1) is 11.3 Å². The average molecular weight is 346 g/mol. The molecule has 0 radical (unpaired) electrons. The third-order valence-electron chi connectivity index (χ3n) is 5.27. The number of esters is 1. The molecule has 0 bridgehead atoms. The number of pyridine rings is 1. The number of hydrogen-bond donors (Lipinski definition) is 2. The van der Waals surface area contributed by atoms with E-state index >= 15 is 0 Å². The fourth-order valence-electron chi connectivity index (χ4n) is 3.96. The van der Waals surface area contributed by atoms with E-state index in [0.717, 1.165) is 25.7 Å². The predicted molar refractivity (Wildman–Crippen MR) is 89.8 cm³/mol. The van der Waals surface area contributed by atoms with Gasteiger partial charge < -0.3 is 20.7 Å². The highest BCUT2D eigenvalue weighted by molar-refractivity contribution is 5.93. The molecule has 1 saturated heterocycles. The van der Waals surface area contributed by atoms with Crippen molar-refractivity contribution in [2.24, 2.45) is 17.1 Å². The zero-order chi connectivity index (χ0) is 18.0. The number of aromatic nitrogens is 1. The van der Waals surface area contributed by atoms with E-state index in [4.69, 9.17) is 10.5 Å². The van der Waals surface area contributed by atoms with Crippen LogP contribution in [0.5, 0.6) is 0 Å². The Hall–Kier alpha value is -2.64. The number of rotatable bonds is 3. The number of methoxy groups -OCH3 is 1. The van der Waals surface area contributed by atoms with Gasteiger partial charge in [0.2, 0.25) is 0 Å². The van der Waals surface area contributed by atoms with Gasteiger partial charge in [-0.25, -0.2) is 9.78 Å². The van der Waals surface area contributed by atoms with E-state index in [9.17, 15) is 14.4 Å². The number of nitrogens with one attached hydrogen (secondary N) is 1. The van der Waals surface area contributed by atoms with Gasteiger partial charge in [0.1, 0.15) is 5.69 Å². The lowest BCUT2D eigenvalue weighted by Gasteiger charge is -2.35. The molecule has 0 aromatic carbocycles. The molecule has 2 heterocycles. The average Bonchev–Trinajstić information content (AvgIpc) is 3.02. The summed E-state index contributed by atoms with van der Waals surface area (Å²) in [6.45, 7) is 0.900. The summed E-state index contributed by atoms with van der Waals surface area (Å²) in [4.78, 5) is 41.5. The smallest absolute Gasteiger partial charge is 0.321 e. The molecule has 134 valence electrons. The number of carbonyl (C=O) groups excluding carboxylic acids is 3. The summed E-state index contributed by atoms with van der Waals surface area (Å²) in [5.74, 6) is -0.712. The minimum atomic E-state index is -0.624. The third-order valence-corrected chi connectivity index (χ3v) is 5.27. The second-order valence-electron chi connectivity index (χ2n) is 6.70. The Balaban J connectivity index is 1.71. The molecule has 8 nitrogen and oxygen atoms in total. The SMILES string of the molecule is COC(=O)[C@@]12CCCC[C@@H]1CN(C(=O)Nc1ccc(C(N)=O)nc1)C2. The van der Waals surface area contributed by atoms with Crippen molar-refractivity contribution in [1.82, 2.24) is 9.88 Å². The molecule has 2 atom stereocenters. The summed E-state index contributed by atoms with van der Waals surface area (Å²) in [6, 6.07) is 2.74. The second-order valence-corrected chi connectivity index (χ2v) is 6.70. The summed E-state index contributed by atoms with van der Waals surface area (Å²) in [5, 5.41) is 2.75. The molecular weight excluding hydrogens is 324 g/mol. The highest BCUT2D eigenvalue weighted by atomic mass is 16.5. The highest BCUT2D eigenvalue weighted by Crippen LogP contribution is 2.47. The van der Waals surface area contributed by atoms with Gasteiger partial charge in [-0.2, -0.15) is 0 Å². The van der Waals surface area contributed by atoms with Crippen molar-refractivity contribution in [3.05, 3.63) is 24.0 Å². The van der Waals surface area contributed by atoms with Gasteiger partial charge in [-0.15, -0.1) is 0 Å². The number of likely N-dealkylation sites (tertiary alicyclic amines) is 1. The molecule has 1 aromatic heterocycles. The molecule has 25 heavy (non-hydrogen) atoms. The lowest BCUT2D eigenvalue weighted by atomic mass is 9.68. The fourth-order valence-corrected chi connectivity index (χ4v) is 3.96. The number of amides is 3. The summed E-state index contributed by atoms with van der Waals surface area (Å²) in [5.41, 5.74) is 5.17.